The highest BCUT2D eigenvalue weighted by Gasteiger charge is 1.82. The van der Waals surface area contributed by atoms with Gasteiger partial charge in [0.1, 0.15) is 6.61 Å². The Morgan fingerprint density at radius 2 is 2.22 bits per heavy atom. The Hall–Kier alpha value is -0.830. The fourth-order valence-corrected chi connectivity index (χ4v) is 0.322. The van der Waals surface area contributed by atoms with Crippen LogP contribution in [0.5, 0.6) is 0 Å². The van der Waals surface area contributed by atoms with Crippen LogP contribution >= 0.6 is 0 Å². The van der Waals surface area contributed by atoms with Gasteiger partial charge in [-0.1, -0.05) is 6.08 Å². The van der Waals surface area contributed by atoms with Crippen molar-refractivity contribution in [3.05, 3.63) is 12.7 Å². The third-order valence-electron chi connectivity index (χ3n) is 0.649. The molecule has 0 heterocycles. The number of hydrogen-bond acceptors (Lipinski definition) is 3. The minimum Gasteiger partial charge on any atom is -0.465 e. The van der Waals surface area contributed by atoms with Gasteiger partial charge in [0.05, 0.1) is 13.2 Å². The van der Waals surface area contributed by atoms with Crippen LogP contribution in [0.3, 0.4) is 0 Å². The molecule has 52 valence electrons. The van der Waals surface area contributed by atoms with Crippen LogP contribution in [0, 0.1) is 0 Å². The summed E-state index contributed by atoms with van der Waals surface area (Å²) in [5.74, 6) is 0. The summed E-state index contributed by atoms with van der Waals surface area (Å²) in [5.41, 5.74) is 0. The van der Waals surface area contributed by atoms with E-state index in [2.05, 4.69) is 11.3 Å². The third kappa shape index (κ3) is 7.17. The van der Waals surface area contributed by atoms with E-state index in [-0.39, 0.29) is 0 Å². The Morgan fingerprint density at radius 3 is 2.78 bits per heavy atom. The zero-order valence-corrected chi connectivity index (χ0v) is 5.21. The van der Waals surface area contributed by atoms with Gasteiger partial charge in [0, 0.05) is 0 Å². The molecule has 3 heteroatoms. The molecular weight excluding hydrogens is 120 g/mol. The fraction of sp³-hybridized carbons (Fsp3) is 0.500. The van der Waals surface area contributed by atoms with Crippen molar-refractivity contribution in [2.75, 3.05) is 19.8 Å². The molecule has 0 rings (SSSR count). The number of rotatable bonds is 6. The minimum absolute atomic E-state index is 0.317. The highest BCUT2D eigenvalue weighted by atomic mass is 16.5. The first-order valence-corrected chi connectivity index (χ1v) is 2.65. The SMILES string of the molecule is C=CCOCCOC=O. The lowest BCUT2D eigenvalue weighted by atomic mass is 10.7. The Morgan fingerprint density at radius 1 is 1.44 bits per heavy atom. The summed E-state index contributed by atoms with van der Waals surface area (Å²) in [6.07, 6.45) is 1.64. The van der Waals surface area contributed by atoms with Gasteiger partial charge in [-0.15, -0.1) is 6.58 Å². The van der Waals surface area contributed by atoms with Crippen molar-refractivity contribution in [2.45, 2.75) is 0 Å². The van der Waals surface area contributed by atoms with E-state index < -0.39 is 0 Å². The molecule has 0 bridgehead atoms. The van der Waals surface area contributed by atoms with E-state index in [1.54, 1.807) is 6.08 Å². The van der Waals surface area contributed by atoms with E-state index in [4.69, 9.17) is 4.74 Å². The number of ether oxygens (including phenoxy) is 2. The second-order valence-corrected chi connectivity index (χ2v) is 1.33. The van der Waals surface area contributed by atoms with Gasteiger partial charge in [0.25, 0.3) is 6.47 Å². The van der Waals surface area contributed by atoms with Crippen LogP contribution in [0.25, 0.3) is 0 Å². The zero-order valence-electron chi connectivity index (χ0n) is 5.21. The Balaban J connectivity index is 2.74. The van der Waals surface area contributed by atoms with Crippen LogP contribution in [-0.2, 0) is 14.3 Å². The molecule has 0 N–H and O–H groups in total. The Labute approximate surface area is 54.3 Å². The number of carbonyl (C=O) groups excluding carboxylic acids is 1. The molecule has 0 aliphatic rings. The van der Waals surface area contributed by atoms with Gasteiger partial charge in [-0.2, -0.15) is 0 Å². The van der Waals surface area contributed by atoms with E-state index in [1.165, 1.54) is 0 Å². The predicted molar refractivity (Wildman–Crippen MR) is 33.0 cm³/mol. The second kappa shape index (κ2) is 7.17. The molecule has 0 atom stereocenters. The van der Waals surface area contributed by atoms with Crippen molar-refractivity contribution in [1.29, 1.82) is 0 Å². The summed E-state index contributed by atoms with van der Waals surface area (Å²) in [7, 11) is 0. The van der Waals surface area contributed by atoms with Crippen molar-refractivity contribution >= 4 is 6.47 Å². The van der Waals surface area contributed by atoms with E-state index in [0.717, 1.165) is 0 Å². The van der Waals surface area contributed by atoms with Crippen LogP contribution in [0.2, 0.25) is 0 Å². The molecule has 3 nitrogen and oxygen atoms in total. The molecule has 0 aliphatic carbocycles. The molecule has 0 spiro atoms. The maximum Gasteiger partial charge on any atom is 0.293 e. The Bertz CT molecular complexity index is 70.4. The van der Waals surface area contributed by atoms with Crippen LogP contribution in [0.4, 0.5) is 0 Å². The average molecular weight is 130 g/mol. The largest absolute Gasteiger partial charge is 0.465 e. The molecule has 0 aromatic carbocycles. The summed E-state index contributed by atoms with van der Waals surface area (Å²) < 4.78 is 9.22. The molecule has 0 saturated carbocycles. The molecule has 0 aromatic heterocycles. The standard InChI is InChI=1S/C6H10O3/c1-2-3-8-4-5-9-6-7/h2,6H,1,3-5H2. The number of hydrogen-bond donors (Lipinski definition) is 0. The van der Waals surface area contributed by atoms with Crippen LogP contribution < -0.4 is 0 Å². The molecule has 0 radical (unpaired) electrons. The van der Waals surface area contributed by atoms with Crippen molar-refractivity contribution in [3.63, 3.8) is 0 Å². The first-order valence-electron chi connectivity index (χ1n) is 2.65. The molecule has 0 amide bonds. The van der Waals surface area contributed by atoms with Crippen molar-refractivity contribution in [1.82, 2.24) is 0 Å². The van der Waals surface area contributed by atoms with Gasteiger partial charge in [-0.05, 0) is 0 Å². The molecule has 0 fully saturated rings. The third-order valence-corrected chi connectivity index (χ3v) is 0.649. The quantitative estimate of drug-likeness (QED) is 0.296. The van der Waals surface area contributed by atoms with Gasteiger partial charge in [-0.3, -0.25) is 4.79 Å². The highest BCUT2D eigenvalue weighted by molar-refractivity contribution is 5.36. The molecule has 9 heavy (non-hydrogen) atoms. The summed E-state index contributed by atoms with van der Waals surface area (Å²) in [4.78, 5) is 9.54. The van der Waals surface area contributed by atoms with Crippen molar-refractivity contribution < 1.29 is 14.3 Å². The molecule has 0 aliphatic heterocycles. The van der Waals surface area contributed by atoms with Gasteiger partial charge in [-0.25, -0.2) is 0 Å². The predicted octanol–water partition coefficient (Wildman–Crippen LogP) is 0.362. The van der Waals surface area contributed by atoms with Crippen molar-refractivity contribution in [3.8, 4) is 0 Å². The lowest BCUT2D eigenvalue weighted by Gasteiger charge is -1.97. The number of carbonyl (C=O) groups is 1. The summed E-state index contributed by atoms with van der Waals surface area (Å²) >= 11 is 0. The molecular formula is C6H10O3. The summed E-state index contributed by atoms with van der Waals surface area (Å²) in [6.45, 7) is 5.10. The molecule has 0 saturated heterocycles. The van der Waals surface area contributed by atoms with Crippen LogP contribution in [0.1, 0.15) is 0 Å². The first-order chi connectivity index (χ1) is 4.41. The minimum atomic E-state index is 0.317. The van der Waals surface area contributed by atoms with Crippen molar-refractivity contribution in [2.24, 2.45) is 0 Å². The average Bonchev–Trinajstić information content (AvgIpc) is 1.89. The maximum atomic E-state index is 9.54. The topological polar surface area (TPSA) is 35.5 Å². The summed E-state index contributed by atoms with van der Waals surface area (Å²) in [6, 6.07) is 0. The van der Waals surface area contributed by atoms with E-state index in [9.17, 15) is 4.79 Å². The van der Waals surface area contributed by atoms with E-state index in [1.807, 2.05) is 0 Å². The molecule has 0 unspecified atom stereocenters. The fourth-order valence-electron chi connectivity index (χ4n) is 0.322. The smallest absolute Gasteiger partial charge is 0.293 e. The van der Waals surface area contributed by atoms with Gasteiger partial charge >= 0.3 is 0 Å². The Kier molecular flexibility index (Phi) is 6.51. The van der Waals surface area contributed by atoms with Gasteiger partial charge in [0.15, 0.2) is 0 Å². The van der Waals surface area contributed by atoms with E-state index >= 15 is 0 Å². The second-order valence-electron chi connectivity index (χ2n) is 1.33. The lowest BCUT2D eigenvalue weighted by Crippen LogP contribution is -2.02. The van der Waals surface area contributed by atoms with Crippen LogP contribution in [0.15, 0.2) is 12.7 Å². The summed E-state index contributed by atoms with van der Waals surface area (Å²) in [5, 5.41) is 0. The van der Waals surface area contributed by atoms with Gasteiger partial charge in [0.2, 0.25) is 0 Å². The highest BCUT2D eigenvalue weighted by Crippen LogP contribution is 1.74. The van der Waals surface area contributed by atoms with Gasteiger partial charge < -0.3 is 9.47 Å². The maximum absolute atomic E-state index is 9.54. The zero-order chi connectivity index (χ0) is 6.95. The molecule has 0 aromatic rings. The van der Waals surface area contributed by atoms with E-state index in [0.29, 0.717) is 26.3 Å². The monoisotopic (exact) mass is 130 g/mol. The first kappa shape index (κ1) is 8.17. The normalized spacial score (nSPS) is 8.44. The van der Waals surface area contributed by atoms with Crippen LogP contribution in [-0.4, -0.2) is 26.3 Å². The lowest BCUT2D eigenvalue weighted by molar-refractivity contribution is -0.130.